The number of thiazole rings is 1. The summed E-state index contributed by atoms with van der Waals surface area (Å²) in [7, 11) is 3.12. The van der Waals surface area contributed by atoms with E-state index in [1.807, 2.05) is 49.4 Å². The number of ether oxygens (including phenoxy) is 4. The minimum Gasteiger partial charge on any atom is -0.493 e. The Morgan fingerprint density at radius 2 is 1.87 bits per heavy atom. The van der Waals surface area contributed by atoms with Crippen LogP contribution in [0.15, 0.2) is 63.5 Å². The Kier molecular flexibility index (Phi) is 9.04. The second-order valence-corrected chi connectivity index (χ2v) is 10.4. The molecule has 0 spiro atoms. The molecule has 0 bridgehead atoms. The zero-order chi connectivity index (χ0) is 28.1. The summed E-state index contributed by atoms with van der Waals surface area (Å²) < 4.78 is 23.9. The van der Waals surface area contributed by atoms with Crippen molar-refractivity contribution in [1.29, 1.82) is 0 Å². The van der Waals surface area contributed by atoms with Crippen LogP contribution in [0.3, 0.4) is 0 Å². The Hall–Kier alpha value is -3.69. The number of rotatable bonds is 10. The number of para-hydroxylation sites is 1. The van der Waals surface area contributed by atoms with Gasteiger partial charge in [-0.1, -0.05) is 61.6 Å². The molecule has 9 heteroatoms. The molecule has 206 valence electrons. The number of fused-ring (bicyclic) bond motifs is 1. The van der Waals surface area contributed by atoms with Crippen molar-refractivity contribution in [3.05, 3.63) is 90.1 Å². The molecule has 4 rings (SSSR count). The molecule has 39 heavy (non-hydrogen) atoms. The smallest absolute Gasteiger partial charge is 0.338 e. The Morgan fingerprint density at radius 1 is 1.13 bits per heavy atom. The number of aromatic nitrogens is 1. The molecule has 1 aliphatic rings. The van der Waals surface area contributed by atoms with E-state index in [0.717, 1.165) is 11.1 Å². The molecule has 0 radical (unpaired) electrons. The largest absolute Gasteiger partial charge is 0.493 e. The predicted molar refractivity (Wildman–Crippen MR) is 151 cm³/mol. The van der Waals surface area contributed by atoms with Gasteiger partial charge in [0.1, 0.15) is 6.61 Å². The normalized spacial score (nSPS) is 15.3. The van der Waals surface area contributed by atoms with Gasteiger partial charge in [-0.3, -0.25) is 9.36 Å². The number of methoxy groups -OCH3 is 2. The number of carbonyl (C=O) groups excluding carboxylic acids is 1. The first-order valence-electron chi connectivity index (χ1n) is 12.9. The van der Waals surface area contributed by atoms with Gasteiger partial charge in [-0.05, 0) is 43.0 Å². The number of allylic oxidation sites excluding steroid dienone is 1. The van der Waals surface area contributed by atoms with Crippen molar-refractivity contribution >= 4 is 23.4 Å². The van der Waals surface area contributed by atoms with E-state index in [2.05, 4.69) is 18.8 Å². The van der Waals surface area contributed by atoms with Crippen LogP contribution in [0.1, 0.15) is 56.3 Å². The summed E-state index contributed by atoms with van der Waals surface area (Å²) in [5.74, 6) is 0.970. The molecule has 2 heterocycles. The van der Waals surface area contributed by atoms with Crippen LogP contribution in [0, 0.1) is 0 Å². The third-order valence-electron chi connectivity index (χ3n) is 6.49. The zero-order valence-corrected chi connectivity index (χ0v) is 24.0. The molecule has 0 aliphatic carbocycles. The highest BCUT2D eigenvalue weighted by Gasteiger charge is 2.33. The maximum atomic E-state index is 14.0. The molecule has 1 unspecified atom stereocenters. The number of esters is 1. The first-order valence-corrected chi connectivity index (χ1v) is 13.7. The molecule has 1 atom stereocenters. The van der Waals surface area contributed by atoms with E-state index in [-0.39, 0.29) is 18.8 Å². The summed E-state index contributed by atoms with van der Waals surface area (Å²) in [5.41, 5.74) is 3.28. The van der Waals surface area contributed by atoms with Gasteiger partial charge in [0.25, 0.3) is 5.56 Å². The highest BCUT2D eigenvalue weighted by atomic mass is 32.1. The highest BCUT2D eigenvalue weighted by molar-refractivity contribution is 7.07. The molecule has 0 N–H and O–H groups in total. The van der Waals surface area contributed by atoms with Crippen LogP contribution in [0.2, 0.25) is 0 Å². The van der Waals surface area contributed by atoms with Gasteiger partial charge in [0.05, 0.1) is 42.2 Å². The van der Waals surface area contributed by atoms with Gasteiger partial charge in [0.15, 0.2) is 16.3 Å². The quantitative estimate of drug-likeness (QED) is 0.281. The van der Waals surface area contributed by atoms with Gasteiger partial charge in [-0.2, -0.15) is 0 Å². The summed E-state index contributed by atoms with van der Waals surface area (Å²) in [4.78, 5) is 32.4. The van der Waals surface area contributed by atoms with Crippen LogP contribution in [0.25, 0.3) is 6.08 Å². The van der Waals surface area contributed by atoms with Crippen molar-refractivity contribution in [2.75, 3.05) is 34.0 Å². The van der Waals surface area contributed by atoms with E-state index in [9.17, 15) is 9.59 Å². The SMILES string of the molecule is CCOc1c(C=c2sc3n(c2=O)C(c2ccc(C(C)C)cc2)C(C(=O)OCCOC)=C(C)N=3)cccc1OC. The number of hydrogen-bond donors (Lipinski definition) is 0. The fourth-order valence-electron chi connectivity index (χ4n) is 4.50. The van der Waals surface area contributed by atoms with Crippen molar-refractivity contribution in [3.8, 4) is 11.5 Å². The van der Waals surface area contributed by atoms with Crippen LogP contribution >= 0.6 is 11.3 Å². The molecule has 0 saturated carbocycles. The maximum absolute atomic E-state index is 14.0. The lowest BCUT2D eigenvalue weighted by atomic mass is 9.93. The molecule has 0 amide bonds. The van der Waals surface area contributed by atoms with Gasteiger partial charge in [-0.15, -0.1) is 0 Å². The fraction of sp³-hybridized carbons (Fsp3) is 0.367. The predicted octanol–water partition coefficient (Wildman–Crippen LogP) is 3.96. The van der Waals surface area contributed by atoms with Gasteiger partial charge in [0, 0.05) is 12.7 Å². The van der Waals surface area contributed by atoms with Crippen LogP contribution in [-0.2, 0) is 14.3 Å². The van der Waals surface area contributed by atoms with Crippen molar-refractivity contribution in [2.24, 2.45) is 4.99 Å². The monoisotopic (exact) mass is 550 g/mol. The van der Waals surface area contributed by atoms with Gasteiger partial charge in [-0.25, -0.2) is 9.79 Å². The third-order valence-corrected chi connectivity index (χ3v) is 7.47. The van der Waals surface area contributed by atoms with Crippen LogP contribution < -0.4 is 24.4 Å². The van der Waals surface area contributed by atoms with Gasteiger partial charge in [0.2, 0.25) is 0 Å². The average Bonchev–Trinajstić information content (AvgIpc) is 3.23. The first kappa shape index (κ1) is 28.3. The van der Waals surface area contributed by atoms with E-state index >= 15 is 0 Å². The van der Waals surface area contributed by atoms with E-state index in [4.69, 9.17) is 18.9 Å². The Bertz CT molecular complexity index is 1550. The van der Waals surface area contributed by atoms with Gasteiger partial charge < -0.3 is 18.9 Å². The minimum atomic E-state index is -0.684. The Balaban J connectivity index is 1.90. The summed E-state index contributed by atoms with van der Waals surface area (Å²) >= 11 is 1.27. The summed E-state index contributed by atoms with van der Waals surface area (Å²) in [6.07, 6.45) is 1.78. The Morgan fingerprint density at radius 3 is 2.51 bits per heavy atom. The molecule has 1 aliphatic heterocycles. The topological polar surface area (TPSA) is 88.4 Å². The highest BCUT2D eigenvalue weighted by Crippen LogP contribution is 2.33. The molecule has 1 aromatic heterocycles. The second kappa shape index (κ2) is 12.4. The fourth-order valence-corrected chi connectivity index (χ4v) is 5.54. The number of hydrogen-bond acceptors (Lipinski definition) is 8. The van der Waals surface area contributed by atoms with E-state index in [1.54, 1.807) is 31.8 Å². The van der Waals surface area contributed by atoms with E-state index < -0.39 is 12.0 Å². The lowest BCUT2D eigenvalue weighted by molar-refractivity contribution is -0.140. The molecule has 0 fully saturated rings. The summed E-state index contributed by atoms with van der Waals surface area (Å²) in [6, 6.07) is 12.8. The van der Waals surface area contributed by atoms with E-state index in [1.165, 1.54) is 11.3 Å². The molecular formula is C30H34N2O6S. The molecule has 2 aromatic carbocycles. The lowest BCUT2D eigenvalue weighted by Crippen LogP contribution is -2.40. The van der Waals surface area contributed by atoms with Crippen molar-refractivity contribution in [2.45, 2.75) is 39.7 Å². The lowest BCUT2D eigenvalue weighted by Gasteiger charge is -2.25. The van der Waals surface area contributed by atoms with E-state index in [0.29, 0.717) is 50.2 Å². The first-order chi connectivity index (χ1) is 18.8. The summed E-state index contributed by atoms with van der Waals surface area (Å²) in [6.45, 7) is 8.73. The number of nitrogens with zero attached hydrogens (tertiary/aromatic N) is 2. The van der Waals surface area contributed by atoms with Crippen molar-refractivity contribution < 1.29 is 23.7 Å². The zero-order valence-electron chi connectivity index (χ0n) is 23.1. The third kappa shape index (κ3) is 5.84. The molecular weight excluding hydrogens is 516 g/mol. The number of carbonyl (C=O) groups is 1. The standard InChI is InChI=1S/C30H34N2O6S/c1-7-37-27-22(9-8-10-23(27)36-6)17-24-28(33)32-26(21-13-11-20(12-14-21)18(2)3)25(19(4)31-30(32)39-24)29(34)38-16-15-35-5/h8-14,17-18,26H,7,15-16H2,1-6H3. The second-order valence-electron chi connectivity index (χ2n) is 9.34. The van der Waals surface area contributed by atoms with Crippen LogP contribution in [0.5, 0.6) is 11.5 Å². The summed E-state index contributed by atoms with van der Waals surface area (Å²) in [5, 5.41) is 0. The van der Waals surface area contributed by atoms with Crippen molar-refractivity contribution in [1.82, 2.24) is 4.57 Å². The minimum absolute atomic E-state index is 0.103. The Labute approximate surface area is 231 Å². The van der Waals surface area contributed by atoms with Crippen LogP contribution in [0.4, 0.5) is 0 Å². The molecule has 3 aromatic rings. The van der Waals surface area contributed by atoms with Gasteiger partial charge >= 0.3 is 5.97 Å². The number of benzene rings is 2. The molecule has 8 nitrogen and oxygen atoms in total. The molecule has 0 saturated heterocycles. The van der Waals surface area contributed by atoms with Crippen molar-refractivity contribution in [3.63, 3.8) is 0 Å². The van der Waals surface area contributed by atoms with Crippen LogP contribution in [-0.4, -0.2) is 44.6 Å². The average molecular weight is 551 g/mol. The maximum Gasteiger partial charge on any atom is 0.338 e.